The molecule has 1 saturated heterocycles. The van der Waals surface area contributed by atoms with Gasteiger partial charge in [-0.3, -0.25) is 4.40 Å². The van der Waals surface area contributed by atoms with Crippen molar-refractivity contribution < 1.29 is 9.13 Å². The minimum absolute atomic E-state index is 0. The van der Waals surface area contributed by atoms with E-state index in [1.165, 1.54) is 24.5 Å². The van der Waals surface area contributed by atoms with E-state index < -0.39 is 5.82 Å². The van der Waals surface area contributed by atoms with Crippen LogP contribution >= 0.6 is 23.7 Å². The van der Waals surface area contributed by atoms with E-state index in [4.69, 9.17) is 14.7 Å². The summed E-state index contributed by atoms with van der Waals surface area (Å²) in [7, 11) is 1.46. The van der Waals surface area contributed by atoms with Gasteiger partial charge in [-0.25, -0.2) is 19.3 Å². The van der Waals surface area contributed by atoms with E-state index in [2.05, 4.69) is 15.6 Å². The quantitative estimate of drug-likeness (QED) is 0.463. The summed E-state index contributed by atoms with van der Waals surface area (Å²) in [6.45, 7) is 1.95. The number of aromatic nitrogens is 4. The Labute approximate surface area is 189 Å². The third-order valence-corrected chi connectivity index (χ3v) is 5.97. The Bertz CT molecular complexity index is 1190. The number of nitrogens with zero attached hydrogens (tertiary/aromatic N) is 4. The molecule has 1 atom stereocenters. The van der Waals surface area contributed by atoms with Gasteiger partial charge in [0.1, 0.15) is 5.69 Å². The van der Waals surface area contributed by atoms with Gasteiger partial charge in [0.25, 0.3) is 0 Å². The predicted octanol–water partition coefficient (Wildman–Crippen LogP) is 4.25. The van der Waals surface area contributed by atoms with E-state index >= 15 is 0 Å². The predicted molar refractivity (Wildman–Crippen MR) is 123 cm³/mol. The third kappa shape index (κ3) is 4.21. The molecule has 4 heterocycles. The first-order valence-corrected chi connectivity index (χ1v) is 10.7. The molecule has 31 heavy (non-hydrogen) atoms. The van der Waals surface area contributed by atoms with Crippen molar-refractivity contribution in [2.45, 2.75) is 18.9 Å². The van der Waals surface area contributed by atoms with E-state index in [1.807, 2.05) is 22.0 Å². The summed E-state index contributed by atoms with van der Waals surface area (Å²) >= 11 is 1.54. The number of halogens is 2. The molecule has 4 aromatic rings. The van der Waals surface area contributed by atoms with Crippen LogP contribution in [0.15, 0.2) is 42.0 Å². The highest BCUT2D eigenvalue weighted by molar-refractivity contribution is 7.15. The van der Waals surface area contributed by atoms with Crippen molar-refractivity contribution >= 4 is 34.7 Å². The van der Waals surface area contributed by atoms with Crippen LogP contribution in [0.3, 0.4) is 0 Å². The van der Waals surface area contributed by atoms with Gasteiger partial charge < -0.3 is 15.4 Å². The largest absolute Gasteiger partial charge is 0.494 e. The SMILES string of the molecule is COc1cc(-c2nc3sccn3c2-c2ccnc(N[C@@H]3CCCNC3)n2)ccc1F.Cl. The minimum atomic E-state index is -0.404. The number of imidazole rings is 1. The molecule has 0 unspecified atom stereocenters. The molecule has 3 aromatic heterocycles. The molecular weight excluding hydrogens is 439 g/mol. The molecule has 0 amide bonds. The average molecular weight is 461 g/mol. The molecule has 0 aliphatic carbocycles. The van der Waals surface area contributed by atoms with Gasteiger partial charge in [0.2, 0.25) is 5.95 Å². The van der Waals surface area contributed by atoms with Crippen LogP contribution in [0.25, 0.3) is 27.6 Å². The first kappa shape index (κ1) is 21.5. The molecule has 5 rings (SSSR count). The van der Waals surface area contributed by atoms with Gasteiger partial charge in [-0.05, 0) is 43.7 Å². The van der Waals surface area contributed by atoms with Crippen LogP contribution in [-0.4, -0.2) is 45.6 Å². The molecule has 10 heteroatoms. The van der Waals surface area contributed by atoms with Gasteiger partial charge in [0.05, 0.1) is 18.5 Å². The minimum Gasteiger partial charge on any atom is -0.494 e. The topological polar surface area (TPSA) is 76.4 Å². The summed E-state index contributed by atoms with van der Waals surface area (Å²) in [6, 6.07) is 6.95. The van der Waals surface area contributed by atoms with Crippen molar-refractivity contribution in [1.29, 1.82) is 0 Å². The fourth-order valence-corrected chi connectivity index (χ4v) is 4.47. The number of rotatable bonds is 5. The fourth-order valence-electron chi connectivity index (χ4n) is 3.76. The second-order valence-electron chi connectivity index (χ2n) is 7.17. The van der Waals surface area contributed by atoms with Gasteiger partial charge in [0.15, 0.2) is 16.5 Å². The molecule has 0 saturated carbocycles. The van der Waals surface area contributed by atoms with Crippen LogP contribution < -0.4 is 15.4 Å². The van der Waals surface area contributed by atoms with E-state index in [0.717, 1.165) is 53.5 Å². The van der Waals surface area contributed by atoms with Gasteiger partial charge in [0, 0.05) is 35.9 Å². The number of benzene rings is 1. The number of fused-ring (bicyclic) bond motifs is 1. The normalized spacial score (nSPS) is 16.1. The summed E-state index contributed by atoms with van der Waals surface area (Å²) in [6.07, 6.45) is 5.93. The lowest BCUT2D eigenvalue weighted by atomic mass is 10.1. The molecule has 1 fully saturated rings. The summed E-state index contributed by atoms with van der Waals surface area (Å²) < 4.78 is 21.1. The van der Waals surface area contributed by atoms with Gasteiger partial charge in [-0.1, -0.05) is 0 Å². The van der Waals surface area contributed by atoms with E-state index in [0.29, 0.717) is 12.0 Å². The Morgan fingerprint density at radius 3 is 3.00 bits per heavy atom. The van der Waals surface area contributed by atoms with Crippen LogP contribution in [0.1, 0.15) is 12.8 Å². The molecular formula is C21H22ClFN6OS. The van der Waals surface area contributed by atoms with Crippen LogP contribution in [0.2, 0.25) is 0 Å². The molecule has 0 spiro atoms. The number of anilines is 1. The highest BCUT2D eigenvalue weighted by Gasteiger charge is 2.20. The van der Waals surface area contributed by atoms with Crippen LogP contribution in [-0.2, 0) is 0 Å². The Balaban J connectivity index is 0.00000231. The maximum Gasteiger partial charge on any atom is 0.223 e. The molecule has 1 aliphatic rings. The van der Waals surface area contributed by atoms with Crippen molar-refractivity contribution in [2.75, 3.05) is 25.5 Å². The zero-order valence-electron chi connectivity index (χ0n) is 16.8. The molecule has 0 radical (unpaired) electrons. The number of piperidine rings is 1. The number of nitrogens with one attached hydrogen (secondary N) is 2. The standard InChI is InChI=1S/C21H21FN6OS.ClH/c1-29-17-11-13(4-5-15(17)22)18-19(28-9-10-30-21(28)27-18)16-6-8-24-20(26-16)25-14-3-2-7-23-12-14;/h4-6,8-11,14,23H,2-3,7,12H2,1H3,(H,24,25,26);1H/t14-;/m1./s1. The first-order valence-electron chi connectivity index (χ1n) is 9.83. The summed E-state index contributed by atoms with van der Waals surface area (Å²) in [4.78, 5) is 14.8. The summed E-state index contributed by atoms with van der Waals surface area (Å²) in [5.74, 6) is 0.372. The maximum absolute atomic E-state index is 13.9. The van der Waals surface area contributed by atoms with Crippen molar-refractivity contribution in [2.24, 2.45) is 0 Å². The molecule has 2 N–H and O–H groups in total. The second kappa shape index (κ2) is 9.17. The number of ether oxygens (including phenoxy) is 1. The zero-order chi connectivity index (χ0) is 20.5. The van der Waals surface area contributed by atoms with Crippen LogP contribution in [0.4, 0.5) is 10.3 Å². The van der Waals surface area contributed by atoms with Crippen LogP contribution in [0.5, 0.6) is 5.75 Å². The van der Waals surface area contributed by atoms with E-state index in [9.17, 15) is 4.39 Å². The number of hydrogen-bond acceptors (Lipinski definition) is 7. The van der Waals surface area contributed by atoms with Crippen molar-refractivity contribution in [3.05, 3.63) is 47.9 Å². The first-order chi connectivity index (χ1) is 14.7. The fraction of sp³-hybridized carbons (Fsp3) is 0.286. The average Bonchev–Trinajstić information content (AvgIpc) is 3.36. The third-order valence-electron chi connectivity index (χ3n) is 5.21. The second-order valence-corrected chi connectivity index (χ2v) is 8.04. The highest BCUT2D eigenvalue weighted by Crippen LogP contribution is 2.35. The monoisotopic (exact) mass is 460 g/mol. The number of methoxy groups -OCH3 is 1. The van der Waals surface area contributed by atoms with Gasteiger partial charge >= 0.3 is 0 Å². The van der Waals surface area contributed by atoms with Crippen molar-refractivity contribution in [1.82, 2.24) is 24.7 Å². The van der Waals surface area contributed by atoms with Gasteiger partial charge in [-0.15, -0.1) is 23.7 Å². The smallest absolute Gasteiger partial charge is 0.223 e. The Hall–Kier alpha value is -2.75. The summed E-state index contributed by atoms with van der Waals surface area (Å²) in [5, 5.41) is 8.80. The Morgan fingerprint density at radius 1 is 1.29 bits per heavy atom. The lowest BCUT2D eigenvalue weighted by Gasteiger charge is -2.23. The lowest BCUT2D eigenvalue weighted by Crippen LogP contribution is -2.38. The molecule has 7 nitrogen and oxygen atoms in total. The molecule has 1 aliphatic heterocycles. The Kier molecular flexibility index (Phi) is 6.35. The highest BCUT2D eigenvalue weighted by atomic mass is 35.5. The Morgan fingerprint density at radius 2 is 2.19 bits per heavy atom. The van der Waals surface area contributed by atoms with E-state index in [1.54, 1.807) is 18.3 Å². The summed E-state index contributed by atoms with van der Waals surface area (Å²) in [5.41, 5.74) is 3.08. The lowest BCUT2D eigenvalue weighted by molar-refractivity contribution is 0.387. The van der Waals surface area contributed by atoms with E-state index in [-0.39, 0.29) is 18.2 Å². The molecule has 0 bridgehead atoms. The maximum atomic E-state index is 13.9. The van der Waals surface area contributed by atoms with Gasteiger partial charge in [-0.2, -0.15) is 0 Å². The zero-order valence-corrected chi connectivity index (χ0v) is 18.5. The van der Waals surface area contributed by atoms with Crippen molar-refractivity contribution in [3.63, 3.8) is 0 Å². The van der Waals surface area contributed by atoms with Crippen LogP contribution in [0, 0.1) is 5.82 Å². The molecule has 162 valence electrons. The number of thiazole rings is 1. The molecule has 1 aromatic carbocycles. The number of hydrogen-bond donors (Lipinski definition) is 2. The van der Waals surface area contributed by atoms with Crippen molar-refractivity contribution in [3.8, 4) is 28.4 Å².